The zero-order valence-corrected chi connectivity index (χ0v) is 13.8. The Bertz CT molecular complexity index is 850. The van der Waals surface area contributed by atoms with Crippen LogP contribution in [0.2, 0.25) is 0 Å². The van der Waals surface area contributed by atoms with Crippen molar-refractivity contribution in [2.24, 2.45) is 0 Å². The predicted octanol–water partition coefficient (Wildman–Crippen LogP) is 3.58. The molecule has 1 amide bonds. The molecule has 0 radical (unpaired) electrons. The number of hydrogen-bond donors (Lipinski definition) is 1. The monoisotopic (exact) mass is 339 g/mol. The van der Waals surface area contributed by atoms with Crippen LogP contribution >= 0.6 is 23.1 Å². The summed E-state index contributed by atoms with van der Waals surface area (Å²) in [5.41, 5.74) is 2.48. The van der Waals surface area contributed by atoms with Crippen molar-refractivity contribution < 1.29 is 4.79 Å². The summed E-state index contributed by atoms with van der Waals surface area (Å²) in [6, 6.07) is 17.3. The molecule has 1 aromatic heterocycles. The van der Waals surface area contributed by atoms with Gasteiger partial charge in [-0.15, -0.1) is 11.3 Å². The van der Waals surface area contributed by atoms with Crippen LogP contribution in [0.25, 0.3) is 10.2 Å². The fourth-order valence-electron chi connectivity index (χ4n) is 2.04. The molecule has 0 fully saturated rings. The number of aromatic nitrogens is 1. The first-order chi connectivity index (χ1) is 11.2. The van der Waals surface area contributed by atoms with E-state index in [0.717, 1.165) is 20.1 Å². The molecule has 114 valence electrons. The fraction of sp³-hybridized carbons (Fsp3) is 0.118. The summed E-state index contributed by atoms with van der Waals surface area (Å²) in [6.45, 7) is 0.425. The SMILES string of the molecule is N#Cc1cccc(CNC(=O)CSc2nc3ccccc3s2)c1. The van der Waals surface area contributed by atoms with Gasteiger partial charge in [-0.3, -0.25) is 4.79 Å². The van der Waals surface area contributed by atoms with Gasteiger partial charge in [0.05, 0.1) is 27.6 Å². The molecule has 3 aromatic rings. The molecule has 4 nitrogen and oxygen atoms in total. The number of nitriles is 1. The lowest BCUT2D eigenvalue weighted by molar-refractivity contribution is -0.118. The first-order valence-electron chi connectivity index (χ1n) is 6.99. The minimum absolute atomic E-state index is 0.0448. The van der Waals surface area contributed by atoms with Gasteiger partial charge in [0.2, 0.25) is 5.91 Å². The van der Waals surface area contributed by atoms with Gasteiger partial charge in [-0.05, 0) is 29.8 Å². The predicted molar refractivity (Wildman–Crippen MR) is 93.3 cm³/mol. The largest absolute Gasteiger partial charge is 0.351 e. The Morgan fingerprint density at radius 3 is 2.96 bits per heavy atom. The average molecular weight is 339 g/mol. The van der Waals surface area contributed by atoms with Gasteiger partial charge in [0.1, 0.15) is 0 Å². The van der Waals surface area contributed by atoms with E-state index in [1.165, 1.54) is 11.8 Å². The first kappa shape index (κ1) is 15.5. The van der Waals surface area contributed by atoms with Crippen LogP contribution in [-0.4, -0.2) is 16.6 Å². The molecule has 0 spiro atoms. The van der Waals surface area contributed by atoms with Gasteiger partial charge in [0.25, 0.3) is 0 Å². The van der Waals surface area contributed by atoms with Crippen molar-refractivity contribution in [2.75, 3.05) is 5.75 Å². The minimum Gasteiger partial charge on any atom is -0.351 e. The fourth-order valence-corrected chi connectivity index (χ4v) is 3.94. The number of fused-ring (bicyclic) bond motifs is 1. The number of hydrogen-bond acceptors (Lipinski definition) is 5. The van der Waals surface area contributed by atoms with Crippen LogP contribution in [0.3, 0.4) is 0 Å². The Morgan fingerprint density at radius 1 is 1.26 bits per heavy atom. The van der Waals surface area contributed by atoms with Crippen molar-refractivity contribution >= 4 is 39.2 Å². The van der Waals surface area contributed by atoms with Gasteiger partial charge in [-0.25, -0.2) is 4.98 Å². The molecule has 6 heteroatoms. The quantitative estimate of drug-likeness (QED) is 0.722. The molecule has 1 N–H and O–H groups in total. The molecule has 1 heterocycles. The Balaban J connectivity index is 1.52. The van der Waals surface area contributed by atoms with E-state index in [4.69, 9.17) is 5.26 Å². The zero-order valence-electron chi connectivity index (χ0n) is 12.2. The third-order valence-electron chi connectivity index (χ3n) is 3.15. The number of rotatable bonds is 5. The maximum Gasteiger partial charge on any atom is 0.230 e. The molecule has 0 bridgehead atoms. The van der Waals surface area contributed by atoms with Crippen molar-refractivity contribution in [3.8, 4) is 6.07 Å². The average Bonchev–Trinajstić information content (AvgIpc) is 3.01. The molecule has 0 saturated heterocycles. The van der Waals surface area contributed by atoms with Crippen molar-refractivity contribution in [1.82, 2.24) is 10.3 Å². The van der Waals surface area contributed by atoms with Crippen LogP contribution in [0.15, 0.2) is 52.9 Å². The summed E-state index contributed by atoms with van der Waals surface area (Å²) >= 11 is 3.03. The summed E-state index contributed by atoms with van der Waals surface area (Å²) in [5.74, 6) is 0.286. The summed E-state index contributed by atoms with van der Waals surface area (Å²) in [6.07, 6.45) is 0. The van der Waals surface area contributed by atoms with E-state index in [1.807, 2.05) is 36.4 Å². The normalized spacial score (nSPS) is 10.4. The number of thioether (sulfide) groups is 1. The third-order valence-corrected chi connectivity index (χ3v) is 5.33. The Kier molecular flexibility index (Phi) is 4.91. The molecule has 0 aliphatic heterocycles. The number of amides is 1. The second kappa shape index (κ2) is 7.27. The first-order valence-corrected chi connectivity index (χ1v) is 8.79. The van der Waals surface area contributed by atoms with Crippen molar-refractivity contribution in [3.05, 3.63) is 59.7 Å². The molecule has 3 rings (SSSR count). The molecule has 0 unspecified atom stereocenters. The number of thiazole rings is 1. The van der Waals surface area contributed by atoms with Crippen molar-refractivity contribution in [3.63, 3.8) is 0 Å². The molecule has 0 atom stereocenters. The van der Waals surface area contributed by atoms with Crippen LogP contribution < -0.4 is 5.32 Å². The summed E-state index contributed by atoms with van der Waals surface area (Å²) in [7, 11) is 0. The lowest BCUT2D eigenvalue weighted by Gasteiger charge is -2.04. The zero-order chi connectivity index (χ0) is 16.1. The Labute approximate surface area is 142 Å². The lowest BCUT2D eigenvalue weighted by atomic mass is 10.1. The maximum absolute atomic E-state index is 11.9. The number of para-hydroxylation sites is 1. The highest BCUT2D eigenvalue weighted by Gasteiger charge is 2.07. The topological polar surface area (TPSA) is 65.8 Å². The van der Waals surface area contributed by atoms with Crippen molar-refractivity contribution in [2.45, 2.75) is 10.9 Å². The Hall–Kier alpha value is -2.36. The van der Waals surface area contributed by atoms with Gasteiger partial charge in [-0.1, -0.05) is 36.0 Å². The number of carbonyl (C=O) groups excluding carboxylic acids is 1. The molecular formula is C17H13N3OS2. The standard InChI is InChI=1S/C17H13N3OS2/c18-9-12-4-3-5-13(8-12)10-19-16(21)11-22-17-20-14-6-1-2-7-15(14)23-17/h1-8H,10-11H2,(H,19,21). The molecule has 2 aromatic carbocycles. The van der Waals surface area contributed by atoms with Crippen LogP contribution in [0.4, 0.5) is 0 Å². The molecule has 0 saturated carbocycles. The maximum atomic E-state index is 11.9. The molecular weight excluding hydrogens is 326 g/mol. The second-order valence-electron chi connectivity index (χ2n) is 4.83. The van der Waals surface area contributed by atoms with E-state index in [9.17, 15) is 4.79 Å². The van der Waals surface area contributed by atoms with E-state index in [2.05, 4.69) is 16.4 Å². The number of benzene rings is 2. The molecule has 0 aliphatic carbocycles. The van der Waals surface area contributed by atoms with Crippen LogP contribution in [0.1, 0.15) is 11.1 Å². The van der Waals surface area contributed by atoms with E-state index in [-0.39, 0.29) is 5.91 Å². The van der Waals surface area contributed by atoms with Crippen molar-refractivity contribution in [1.29, 1.82) is 5.26 Å². The highest BCUT2D eigenvalue weighted by atomic mass is 32.2. The summed E-state index contributed by atoms with van der Waals surface area (Å²) in [5, 5.41) is 11.7. The smallest absolute Gasteiger partial charge is 0.230 e. The number of carbonyl (C=O) groups is 1. The summed E-state index contributed by atoms with van der Waals surface area (Å²) < 4.78 is 2.02. The highest BCUT2D eigenvalue weighted by Crippen LogP contribution is 2.28. The van der Waals surface area contributed by atoms with E-state index in [0.29, 0.717) is 17.9 Å². The van der Waals surface area contributed by atoms with Gasteiger partial charge >= 0.3 is 0 Å². The Morgan fingerprint density at radius 2 is 2.13 bits per heavy atom. The van der Waals surface area contributed by atoms with Gasteiger partial charge in [0.15, 0.2) is 4.34 Å². The highest BCUT2D eigenvalue weighted by molar-refractivity contribution is 8.01. The minimum atomic E-state index is -0.0448. The lowest BCUT2D eigenvalue weighted by Crippen LogP contribution is -2.24. The van der Waals surface area contributed by atoms with E-state index in [1.54, 1.807) is 23.5 Å². The summed E-state index contributed by atoms with van der Waals surface area (Å²) in [4.78, 5) is 16.4. The second-order valence-corrected chi connectivity index (χ2v) is 7.08. The molecule has 0 aliphatic rings. The van der Waals surface area contributed by atoms with Gasteiger partial charge < -0.3 is 5.32 Å². The van der Waals surface area contributed by atoms with Gasteiger partial charge in [-0.2, -0.15) is 5.26 Å². The molecule has 23 heavy (non-hydrogen) atoms. The third kappa shape index (κ3) is 4.09. The number of nitrogens with zero attached hydrogens (tertiary/aromatic N) is 2. The van der Waals surface area contributed by atoms with E-state index >= 15 is 0 Å². The van der Waals surface area contributed by atoms with Crippen LogP contribution in [0, 0.1) is 11.3 Å². The van der Waals surface area contributed by atoms with E-state index < -0.39 is 0 Å². The number of nitrogens with one attached hydrogen (secondary N) is 1. The van der Waals surface area contributed by atoms with Crippen LogP contribution in [0.5, 0.6) is 0 Å². The van der Waals surface area contributed by atoms with Gasteiger partial charge in [0, 0.05) is 6.54 Å². The van der Waals surface area contributed by atoms with Crippen LogP contribution in [-0.2, 0) is 11.3 Å².